The van der Waals surface area contributed by atoms with Crippen LogP contribution >= 0.6 is 0 Å². The number of morpholine rings is 1. The summed E-state index contributed by atoms with van der Waals surface area (Å²) in [6.45, 7) is 9.85. The monoisotopic (exact) mass is 242 g/mol. The van der Waals surface area contributed by atoms with Gasteiger partial charge in [-0.05, 0) is 26.7 Å². The maximum Gasteiger partial charge on any atom is 0.0678 e. The first-order valence-electron chi connectivity index (χ1n) is 6.79. The molecule has 100 valence electrons. The van der Waals surface area contributed by atoms with Crippen molar-refractivity contribution in [3.8, 4) is 0 Å². The van der Waals surface area contributed by atoms with Gasteiger partial charge in [0.05, 0.1) is 18.8 Å². The summed E-state index contributed by atoms with van der Waals surface area (Å²) in [6, 6.07) is 0. The minimum Gasteiger partial charge on any atom is -0.381 e. The topological polar surface area (TPSA) is 47.7 Å². The standard InChI is InChI=1S/C13H26N2O2/c1-11-6-15(7-12(2)17-11)9-13(8-14)4-3-5-16-10-13/h11-12H,3-10,14H2,1-2H3. The zero-order chi connectivity index (χ0) is 12.3. The molecule has 2 aliphatic heterocycles. The van der Waals surface area contributed by atoms with E-state index < -0.39 is 0 Å². The molecular weight excluding hydrogens is 216 g/mol. The van der Waals surface area contributed by atoms with Gasteiger partial charge in [0.25, 0.3) is 0 Å². The lowest BCUT2D eigenvalue weighted by atomic mass is 9.82. The van der Waals surface area contributed by atoms with Crippen molar-refractivity contribution in [3.63, 3.8) is 0 Å². The second-order valence-electron chi connectivity index (χ2n) is 5.81. The summed E-state index contributed by atoms with van der Waals surface area (Å²) in [5.41, 5.74) is 6.16. The Bertz CT molecular complexity index is 232. The molecule has 3 atom stereocenters. The molecule has 0 bridgehead atoms. The normalized spacial score (nSPS) is 40.4. The van der Waals surface area contributed by atoms with Crippen LogP contribution in [0.4, 0.5) is 0 Å². The smallest absolute Gasteiger partial charge is 0.0678 e. The summed E-state index contributed by atoms with van der Waals surface area (Å²) >= 11 is 0. The van der Waals surface area contributed by atoms with E-state index in [1.807, 2.05) is 0 Å². The van der Waals surface area contributed by atoms with Gasteiger partial charge in [-0.2, -0.15) is 0 Å². The van der Waals surface area contributed by atoms with Crippen molar-refractivity contribution in [2.75, 3.05) is 39.4 Å². The highest BCUT2D eigenvalue weighted by Crippen LogP contribution is 2.29. The predicted molar refractivity (Wildman–Crippen MR) is 68.0 cm³/mol. The molecule has 4 nitrogen and oxygen atoms in total. The van der Waals surface area contributed by atoms with E-state index in [9.17, 15) is 0 Å². The molecule has 2 rings (SSSR count). The maximum absolute atomic E-state index is 5.99. The minimum absolute atomic E-state index is 0.176. The van der Waals surface area contributed by atoms with Crippen molar-refractivity contribution >= 4 is 0 Å². The molecule has 2 heterocycles. The van der Waals surface area contributed by atoms with Crippen LogP contribution in [-0.2, 0) is 9.47 Å². The van der Waals surface area contributed by atoms with Gasteiger partial charge in [-0.1, -0.05) is 0 Å². The van der Waals surface area contributed by atoms with Crippen LogP contribution in [0.1, 0.15) is 26.7 Å². The van der Waals surface area contributed by atoms with E-state index in [1.165, 1.54) is 6.42 Å². The number of nitrogens with zero attached hydrogens (tertiary/aromatic N) is 1. The number of hydrogen-bond donors (Lipinski definition) is 1. The van der Waals surface area contributed by atoms with E-state index >= 15 is 0 Å². The summed E-state index contributed by atoms with van der Waals surface area (Å²) in [6.07, 6.45) is 3.01. The molecule has 2 saturated heterocycles. The van der Waals surface area contributed by atoms with Crippen LogP contribution in [-0.4, -0.2) is 56.5 Å². The van der Waals surface area contributed by atoms with Crippen LogP contribution in [0.25, 0.3) is 0 Å². The van der Waals surface area contributed by atoms with Crippen molar-refractivity contribution in [1.82, 2.24) is 4.90 Å². The third-order valence-electron chi connectivity index (χ3n) is 3.89. The molecule has 0 saturated carbocycles. The molecule has 0 aliphatic carbocycles. The predicted octanol–water partition coefficient (Wildman–Crippen LogP) is 0.851. The fourth-order valence-corrected chi connectivity index (χ4v) is 3.15. The molecule has 3 unspecified atom stereocenters. The Kier molecular flexibility index (Phi) is 4.42. The van der Waals surface area contributed by atoms with E-state index in [1.54, 1.807) is 0 Å². The zero-order valence-electron chi connectivity index (χ0n) is 11.2. The molecule has 0 spiro atoms. The van der Waals surface area contributed by atoms with Gasteiger partial charge < -0.3 is 15.2 Å². The van der Waals surface area contributed by atoms with Gasteiger partial charge in [0, 0.05) is 38.2 Å². The second kappa shape index (κ2) is 5.65. The first-order chi connectivity index (χ1) is 8.13. The first-order valence-corrected chi connectivity index (χ1v) is 6.79. The molecule has 0 aromatic carbocycles. The Morgan fingerprint density at radius 2 is 2.00 bits per heavy atom. The van der Waals surface area contributed by atoms with Gasteiger partial charge in [0.1, 0.15) is 0 Å². The fourth-order valence-electron chi connectivity index (χ4n) is 3.15. The fraction of sp³-hybridized carbons (Fsp3) is 1.00. The summed E-state index contributed by atoms with van der Waals surface area (Å²) < 4.78 is 11.4. The van der Waals surface area contributed by atoms with Gasteiger partial charge in [-0.3, -0.25) is 4.90 Å². The van der Waals surface area contributed by atoms with Gasteiger partial charge in [0.2, 0.25) is 0 Å². The average molecular weight is 242 g/mol. The lowest BCUT2D eigenvalue weighted by Crippen LogP contribution is -2.53. The van der Waals surface area contributed by atoms with Crippen molar-refractivity contribution in [2.24, 2.45) is 11.1 Å². The number of hydrogen-bond acceptors (Lipinski definition) is 4. The molecule has 17 heavy (non-hydrogen) atoms. The molecular formula is C13H26N2O2. The number of ether oxygens (including phenoxy) is 2. The van der Waals surface area contributed by atoms with Crippen molar-refractivity contribution in [1.29, 1.82) is 0 Å². The maximum atomic E-state index is 5.99. The Hall–Kier alpha value is -0.160. The number of rotatable bonds is 3. The average Bonchev–Trinajstić information content (AvgIpc) is 2.29. The van der Waals surface area contributed by atoms with Crippen molar-refractivity contribution in [3.05, 3.63) is 0 Å². The summed E-state index contributed by atoms with van der Waals surface area (Å²) in [5.74, 6) is 0. The second-order valence-corrected chi connectivity index (χ2v) is 5.81. The molecule has 4 heteroatoms. The number of nitrogens with two attached hydrogens (primary N) is 1. The van der Waals surface area contributed by atoms with Gasteiger partial charge >= 0.3 is 0 Å². The quantitative estimate of drug-likeness (QED) is 0.797. The lowest BCUT2D eigenvalue weighted by molar-refractivity contribution is -0.0918. The van der Waals surface area contributed by atoms with E-state index in [2.05, 4.69) is 18.7 Å². The van der Waals surface area contributed by atoms with E-state index in [-0.39, 0.29) is 5.41 Å². The third-order valence-corrected chi connectivity index (χ3v) is 3.89. The molecule has 2 N–H and O–H groups in total. The van der Waals surface area contributed by atoms with Gasteiger partial charge in [-0.25, -0.2) is 0 Å². The van der Waals surface area contributed by atoms with E-state index in [0.29, 0.717) is 12.2 Å². The highest BCUT2D eigenvalue weighted by molar-refractivity contribution is 4.88. The lowest BCUT2D eigenvalue weighted by Gasteiger charge is -2.43. The van der Waals surface area contributed by atoms with Crippen molar-refractivity contribution < 1.29 is 9.47 Å². The van der Waals surface area contributed by atoms with Crippen LogP contribution < -0.4 is 5.73 Å². The molecule has 0 aromatic rings. The Labute approximate surface area is 104 Å². The molecule has 0 aromatic heterocycles. The zero-order valence-corrected chi connectivity index (χ0v) is 11.2. The Balaban J connectivity index is 1.93. The molecule has 0 amide bonds. The summed E-state index contributed by atoms with van der Waals surface area (Å²) in [7, 11) is 0. The van der Waals surface area contributed by atoms with Gasteiger partial charge in [-0.15, -0.1) is 0 Å². The first kappa shape index (κ1) is 13.3. The third kappa shape index (κ3) is 3.41. The largest absolute Gasteiger partial charge is 0.381 e. The summed E-state index contributed by atoms with van der Waals surface area (Å²) in [5, 5.41) is 0. The highest BCUT2D eigenvalue weighted by atomic mass is 16.5. The molecule has 0 radical (unpaired) electrons. The highest BCUT2D eigenvalue weighted by Gasteiger charge is 2.35. The van der Waals surface area contributed by atoms with Crippen molar-refractivity contribution in [2.45, 2.75) is 38.9 Å². The van der Waals surface area contributed by atoms with Crippen LogP contribution in [0.5, 0.6) is 0 Å². The Morgan fingerprint density at radius 1 is 1.29 bits per heavy atom. The van der Waals surface area contributed by atoms with E-state index in [4.69, 9.17) is 15.2 Å². The van der Waals surface area contributed by atoms with Crippen LogP contribution in [0.2, 0.25) is 0 Å². The van der Waals surface area contributed by atoms with Crippen LogP contribution in [0, 0.1) is 5.41 Å². The van der Waals surface area contributed by atoms with Crippen LogP contribution in [0.3, 0.4) is 0 Å². The molecule has 2 fully saturated rings. The Morgan fingerprint density at radius 3 is 2.53 bits per heavy atom. The SMILES string of the molecule is CC1CN(CC2(CN)CCCOC2)CC(C)O1. The van der Waals surface area contributed by atoms with Crippen LogP contribution in [0.15, 0.2) is 0 Å². The minimum atomic E-state index is 0.176. The van der Waals surface area contributed by atoms with E-state index in [0.717, 1.165) is 45.8 Å². The molecule has 2 aliphatic rings. The summed E-state index contributed by atoms with van der Waals surface area (Å²) in [4.78, 5) is 2.50. The van der Waals surface area contributed by atoms with Gasteiger partial charge in [0.15, 0.2) is 0 Å².